The van der Waals surface area contributed by atoms with Crippen LogP contribution in [0.3, 0.4) is 0 Å². The van der Waals surface area contributed by atoms with Crippen LogP contribution < -0.4 is 10.6 Å². The summed E-state index contributed by atoms with van der Waals surface area (Å²) in [6.45, 7) is 5.33. The van der Waals surface area contributed by atoms with Crippen LogP contribution in [0.1, 0.15) is 55.3 Å². The summed E-state index contributed by atoms with van der Waals surface area (Å²) in [5.74, 6) is -0.327. The average molecular weight is 538 g/mol. The van der Waals surface area contributed by atoms with Gasteiger partial charge in [0.05, 0.1) is 34.7 Å². The molecular formula is C31H35N7O2. The van der Waals surface area contributed by atoms with E-state index < -0.39 is 0 Å². The molecule has 0 spiro atoms. The summed E-state index contributed by atoms with van der Waals surface area (Å²) < 4.78 is 2.01. The summed E-state index contributed by atoms with van der Waals surface area (Å²) in [5.41, 5.74) is 8.29. The van der Waals surface area contributed by atoms with E-state index in [2.05, 4.69) is 45.0 Å². The van der Waals surface area contributed by atoms with E-state index in [9.17, 15) is 9.59 Å². The van der Waals surface area contributed by atoms with Crippen molar-refractivity contribution >= 4 is 28.5 Å². The van der Waals surface area contributed by atoms with Gasteiger partial charge in [-0.1, -0.05) is 31.0 Å². The molecule has 1 fully saturated rings. The van der Waals surface area contributed by atoms with Crippen LogP contribution in [-0.4, -0.2) is 49.0 Å². The molecule has 0 radical (unpaired) electrons. The number of unbranched alkanes of at least 4 members (excludes halogenated alkanes) is 3. The summed E-state index contributed by atoms with van der Waals surface area (Å²) in [4.78, 5) is 35.4. The van der Waals surface area contributed by atoms with Crippen molar-refractivity contribution in [2.45, 2.75) is 71.1 Å². The van der Waals surface area contributed by atoms with Crippen molar-refractivity contribution < 1.29 is 9.59 Å². The second-order valence-corrected chi connectivity index (χ2v) is 10.8. The van der Waals surface area contributed by atoms with Gasteiger partial charge in [-0.15, -0.1) is 0 Å². The molecule has 1 saturated heterocycles. The Morgan fingerprint density at radius 3 is 2.62 bits per heavy atom. The number of rotatable bonds is 10. The van der Waals surface area contributed by atoms with Gasteiger partial charge in [0.15, 0.2) is 0 Å². The van der Waals surface area contributed by atoms with Gasteiger partial charge in [-0.05, 0) is 61.6 Å². The minimum Gasteiger partial charge on any atom is -0.385 e. The molecule has 0 bridgehead atoms. The Labute approximate surface area is 234 Å². The number of benzene rings is 2. The molecule has 2 aromatic carbocycles. The SMILES string of the molecule is Cc1nc2ccccc2nc1-c1cnn(CCCCCCNc2ccc3c(c2)CN(C2CCC(=O)NC2=O)C3)c1. The van der Waals surface area contributed by atoms with E-state index in [1.54, 1.807) is 0 Å². The van der Waals surface area contributed by atoms with Crippen molar-refractivity contribution in [1.29, 1.82) is 0 Å². The van der Waals surface area contributed by atoms with Crippen molar-refractivity contribution in [3.63, 3.8) is 0 Å². The number of carbonyl (C=O) groups is 2. The van der Waals surface area contributed by atoms with Crippen LogP contribution in [0, 0.1) is 6.92 Å². The lowest BCUT2D eigenvalue weighted by molar-refractivity contribution is -0.137. The molecule has 0 aliphatic carbocycles. The maximum absolute atomic E-state index is 12.3. The van der Waals surface area contributed by atoms with E-state index in [0.717, 1.165) is 85.5 Å². The topological polar surface area (TPSA) is 105 Å². The Bertz CT molecular complexity index is 1550. The lowest BCUT2D eigenvalue weighted by Gasteiger charge is -2.29. The molecule has 206 valence electrons. The van der Waals surface area contributed by atoms with Gasteiger partial charge in [0.25, 0.3) is 0 Å². The molecule has 2 amide bonds. The van der Waals surface area contributed by atoms with Crippen LogP contribution in [0.25, 0.3) is 22.3 Å². The third-order valence-corrected chi connectivity index (χ3v) is 7.90. The molecule has 4 heterocycles. The maximum Gasteiger partial charge on any atom is 0.243 e. The quantitative estimate of drug-likeness (QED) is 0.225. The summed E-state index contributed by atoms with van der Waals surface area (Å²) in [7, 11) is 0. The number of fused-ring (bicyclic) bond motifs is 2. The Morgan fingerprint density at radius 2 is 1.77 bits per heavy atom. The zero-order chi connectivity index (χ0) is 27.5. The molecule has 2 aromatic heterocycles. The fourth-order valence-electron chi connectivity index (χ4n) is 5.74. The summed E-state index contributed by atoms with van der Waals surface area (Å²) >= 11 is 0. The standard InChI is InChI=1S/C31H35N7O2/c1-21-30(35-27-9-5-4-8-26(27)34-21)24-17-33-38(20-24)15-7-3-2-6-14-32-25-11-10-22-18-37(19-23(22)16-25)28-12-13-29(39)36-31(28)40/h4-5,8-11,16-17,20,28,32H,2-3,6-7,12-15,18-19H2,1H3,(H,36,39,40). The van der Waals surface area contributed by atoms with Crippen LogP contribution in [0.15, 0.2) is 54.9 Å². The number of nitrogens with zero attached hydrogens (tertiary/aromatic N) is 5. The summed E-state index contributed by atoms with van der Waals surface area (Å²) in [5, 5.41) is 10.6. The number of nitrogens with one attached hydrogen (secondary N) is 2. The Kier molecular flexibility index (Phi) is 7.55. The molecule has 4 aromatic rings. The van der Waals surface area contributed by atoms with E-state index in [4.69, 9.17) is 9.97 Å². The predicted octanol–water partition coefficient (Wildman–Crippen LogP) is 4.60. The number of carbonyl (C=O) groups excluding carboxylic acids is 2. The number of hydrogen-bond donors (Lipinski definition) is 2. The van der Waals surface area contributed by atoms with Crippen LogP contribution in [0.5, 0.6) is 0 Å². The second-order valence-electron chi connectivity index (χ2n) is 10.8. The summed E-state index contributed by atoms with van der Waals surface area (Å²) in [6, 6.07) is 14.2. The molecule has 2 aliphatic heterocycles. The first kappa shape index (κ1) is 26.1. The van der Waals surface area contributed by atoms with E-state index in [-0.39, 0.29) is 17.9 Å². The van der Waals surface area contributed by atoms with Gasteiger partial charge in [-0.2, -0.15) is 5.10 Å². The van der Waals surface area contributed by atoms with Gasteiger partial charge in [0.1, 0.15) is 0 Å². The van der Waals surface area contributed by atoms with E-state index in [1.807, 2.05) is 42.1 Å². The van der Waals surface area contributed by atoms with Crippen LogP contribution in [0.2, 0.25) is 0 Å². The van der Waals surface area contributed by atoms with Gasteiger partial charge >= 0.3 is 0 Å². The minimum atomic E-state index is -0.216. The Balaban J connectivity index is 0.917. The fraction of sp³-hybridized carbons (Fsp3) is 0.387. The number of piperidine rings is 1. The highest BCUT2D eigenvalue weighted by molar-refractivity contribution is 6.00. The number of aryl methyl sites for hydroxylation is 2. The van der Waals surface area contributed by atoms with Crippen molar-refractivity contribution in [3.8, 4) is 11.3 Å². The number of hydrogen-bond acceptors (Lipinski definition) is 7. The molecule has 9 heteroatoms. The number of amides is 2. The first-order valence-electron chi connectivity index (χ1n) is 14.2. The molecule has 2 N–H and O–H groups in total. The first-order valence-corrected chi connectivity index (χ1v) is 14.2. The molecular weight excluding hydrogens is 502 g/mol. The normalized spacial score (nSPS) is 17.3. The van der Waals surface area contributed by atoms with Crippen LogP contribution in [0.4, 0.5) is 5.69 Å². The first-order chi connectivity index (χ1) is 19.5. The third kappa shape index (κ3) is 5.74. The molecule has 40 heavy (non-hydrogen) atoms. The highest BCUT2D eigenvalue weighted by Crippen LogP contribution is 2.29. The molecule has 1 atom stereocenters. The van der Waals surface area contributed by atoms with Gasteiger partial charge in [-0.25, -0.2) is 9.97 Å². The van der Waals surface area contributed by atoms with E-state index in [0.29, 0.717) is 12.8 Å². The van der Waals surface area contributed by atoms with Gasteiger partial charge in [0.2, 0.25) is 11.8 Å². The van der Waals surface area contributed by atoms with Gasteiger partial charge in [-0.3, -0.25) is 24.5 Å². The van der Waals surface area contributed by atoms with Crippen molar-refractivity contribution in [2.24, 2.45) is 0 Å². The third-order valence-electron chi connectivity index (χ3n) is 7.90. The summed E-state index contributed by atoms with van der Waals surface area (Å²) in [6.07, 6.45) is 9.47. The average Bonchev–Trinajstić information content (AvgIpc) is 3.59. The smallest absolute Gasteiger partial charge is 0.243 e. The molecule has 0 saturated carbocycles. The highest BCUT2D eigenvalue weighted by Gasteiger charge is 2.34. The van der Waals surface area contributed by atoms with E-state index >= 15 is 0 Å². The van der Waals surface area contributed by atoms with Crippen molar-refractivity contribution in [3.05, 3.63) is 71.7 Å². The number of para-hydroxylation sites is 2. The second kappa shape index (κ2) is 11.6. The van der Waals surface area contributed by atoms with E-state index in [1.165, 1.54) is 11.1 Å². The molecule has 9 nitrogen and oxygen atoms in total. The van der Waals surface area contributed by atoms with Gasteiger partial charge < -0.3 is 5.32 Å². The van der Waals surface area contributed by atoms with Crippen molar-refractivity contribution in [2.75, 3.05) is 11.9 Å². The maximum atomic E-state index is 12.3. The molecule has 6 rings (SSSR count). The number of imide groups is 1. The van der Waals surface area contributed by atoms with Gasteiger partial charge in [0, 0.05) is 50.0 Å². The van der Waals surface area contributed by atoms with Crippen LogP contribution in [-0.2, 0) is 29.2 Å². The molecule has 2 aliphatic rings. The Hall–Kier alpha value is -4.11. The lowest BCUT2D eigenvalue weighted by atomic mass is 10.0. The Morgan fingerprint density at radius 1 is 0.975 bits per heavy atom. The zero-order valence-corrected chi connectivity index (χ0v) is 22.9. The molecule has 1 unspecified atom stereocenters. The highest BCUT2D eigenvalue weighted by atomic mass is 16.2. The van der Waals surface area contributed by atoms with Crippen LogP contribution >= 0.6 is 0 Å². The number of anilines is 1. The zero-order valence-electron chi connectivity index (χ0n) is 22.9. The fourth-order valence-corrected chi connectivity index (χ4v) is 5.74. The number of aromatic nitrogens is 4. The monoisotopic (exact) mass is 537 g/mol. The van der Waals surface area contributed by atoms with Crippen molar-refractivity contribution in [1.82, 2.24) is 30.0 Å². The predicted molar refractivity (Wildman–Crippen MR) is 154 cm³/mol. The minimum absolute atomic E-state index is 0.162. The lowest BCUT2D eigenvalue weighted by Crippen LogP contribution is -2.50. The largest absolute Gasteiger partial charge is 0.385 e.